The van der Waals surface area contributed by atoms with Crippen molar-refractivity contribution >= 4 is 22.9 Å². The number of ether oxygens (including phenoxy) is 1. The zero-order chi connectivity index (χ0) is 18.6. The van der Waals surface area contributed by atoms with E-state index in [-0.39, 0.29) is 23.9 Å². The molecule has 7 heteroatoms. The topological polar surface area (TPSA) is 81.5 Å². The van der Waals surface area contributed by atoms with Crippen molar-refractivity contribution in [3.05, 3.63) is 39.8 Å². The Hall–Kier alpha value is -2.70. The number of carbonyl (C=O) groups excluding carboxylic acids is 2. The van der Waals surface area contributed by atoms with Crippen LogP contribution in [0.5, 0.6) is 0 Å². The van der Waals surface area contributed by atoms with E-state index in [0.717, 1.165) is 0 Å². The van der Waals surface area contributed by atoms with Crippen LogP contribution in [0.2, 0.25) is 0 Å². The highest BCUT2D eigenvalue weighted by atomic mass is 16.5. The molecule has 0 fully saturated rings. The van der Waals surface area contributed by atoms with Gasteiger partial charge in [-0.15, -0.1) is 0 Å². The molecule has 0 aliphatic heterocycles. The average molecular weight is 345 g/mol. The molecule has 2 rings (SSSR count). The van der Waals surface area contributed by atoms with Crippen LogP contribution in [-0.4, -0.2) is 47.0 Å². The van der Waals surface area contributed by atoms with Gasteiger partial charge in [-0.05, 0) is 38.5 Å². The summed E-state index contributed by atoms with van der Waals surface area (Å²) in [4.78, 5) is 41.7. The van der Waals surface area contributed by atoms with E-state index in [0.29, 0.717) is 41.8 Å². The van der Waals surface area contributed by atoms with Crippen LogP contribution in [0.1, 0.15) is 35.8 Å². The largest absolute Gasteiger partial charge is 0.469 e. The van der Waals surface area contributed by atoms with Gasteiger partial charge in [0.25, 0.3) is 11.5 Å². The van der Waals surface area contributed by atoms with Crippen molar-refractivity contribution in [3.8, 4) is 0 Å². The van der Waals surface area contributed by atoms with Crippen molar-refractivity contribution in [1.29, 1.82) is 0 Å². The minimum absolute atomic E-state index is 0.117. The molecule has 1 aromatic heterocycles. The monoisotopic (exact) mass is 345 g/mol. The zero-order valence-electron chi connectivity index (χ0n) is 15.0. The summed E-state index contributed by atoms with van der Waals surface area (Å²) >= 11 is 0. The number of nitrogens with zero attached hydrogens (tertiary/aromatic N) is 3. The lowest BCUT2D eigenvalue weighted by Crippen LogP contribution is -2.28. The fourth-order valence-electron chi connectivity index (χ4n) is 2.71. The molecule has 0 aliphatic rings. The summed E-state index contributed by atoms with van der Waals surface area (Å²) in [6.45, 7) is 4.56. The van der Waals surface area contributed by atoms with Crippen LogP contribution in [-0.2, 0) is 16.1 Å². The second-order valence-corrected chi connectivity index (χ2v) is 5.86. The van der Waals surface area contributed by atoms with Crippen LogP contribution in [0, 0.1) is 6.92 Å². The smallest absolute Gasteiger partial charge is 0.305 e. The maximum atomic E-state index is 12.6. The number of benzene rings is 1. The molecule has 1 aromatic carbocycles. The van der Waals surface area contributed by atoms with Crippen molar-refractivity contribution in [2.45, 2.75) is 33.2 Å². The molecule has 0 bridgehead atoms. The Labute approximate surface area is 146 Å². The van der Waals surface area contributed by atoms with Gasteiger partial charge in [0.2, 0.25) is 0 Å². The first-order valence-electron chi connectivity index (χ1n) is 8.22. The van der Waals surface area contributed by atoms with Gasteiger partial charge in [0, 0.05) is 32.1 Å². The van der Waals surface area contributed by atoms with Crippen molar-refractivity contribution in [2.75, 3.05) is 20.7 Å². The standard InChI is InChI=1S/C18H23N3O4/c1-5-21-15-9-8-13(11-14(15)19-12(2)17(21)23)18(24)20(3)10-6-7-16(22)25-4/h8-9,11H,5-7,10H2,1-4H3. The lowest BCUT2D eigenvalue weighted by atomic mass is 10.1. The molecule has 1 amide bonds. The first-order chi connectivity index (χ1) is 11.9. The third-order valence-corrected chi connectivity index (χ3v) is 4.12. The molecule has 0 unspecified atom stereocenters. The van der Waals surface area contributed by atoms with E-state index in [4.69, 9.17) is 0 Å². The quantitative estimate of drug-likeness (QED) is 0.745. The minimum atomic E-state index is -0.288. The second-order valence-electron chi connectivity index (χ2n) is 5.86. The molecule has 2 aromatic rings. The third-order valence-electron chi connectivity index (χ3n) is 4.12. The molecule has 134 valence electrons. The Balaban J connectivity index is 2.23. The van der Waals surface area contributed by atoms with Crippen LogP contribution in [0.15, 0.2) is 23.0 Å². The molecule has 0 radical (unpaired) electrons. The number of carbonyl (C=O) groups is 2. The third kappa shape index (κ3) is 4.04. The molecule has 0 N–H and O–H groups in total. The van der Waals surface area contributed by atoms with E-state index in [9.17, 15) is 14.4 Å². The van der Waals surface area contributed by atoms with Crippen molar-refractivity contribution in [2.24, 2.45) is 0 Å². The highest BCUT2D eigenvalue weighted by Gasteiger charge is 2.15. The van der Waals surface area contributed by atoms with Gasteiger partial charge in [-0.1, -0.05) is 0 Å². The summed E-state index contributed by atoms with van der Waals surface area (Å²) in [7, 11) is 3.03. The van der Waals surface area contributed by atoms with E-state index in [1.165, 1.54) is 7.11 Å². The molecular formula is C18H23N3O4. The van der Waals surface area contributed by atoms with Gasteiger partial charge in [-0.2, -0.15) is 0 Å². The number of methoxy groups -OCH3 is 1. The van der Waals surface area contributed by atoms with E-state index in [1.807, 2.05) is 6.92 Å². The predicted molar refractivity (Wildman–Crippen MR) is 94.6 cm³/mol. The van der Waals surface area contributed by atoms with Crippen molar-refractivity contribution in [1.82, 2.24) is 14.5 Å². The molecule has 0 spiro atoms. The number of aryl methyl sites for hydroxylation is 2. The average Bonchev–Trinajstić information content (AvgIpc) is 2.61. The number of amides is 1. The van der Waals surface area contributed by atoms with Crippen LogP contribution >= 0.6 is 0 Å². The number of rotatable bonds is 6. The Bertz CT molecular complexity index is 857. The molecular weight excluding hydrogens is 322 g/mol. The van der Waals surface area contributed by atoms with Gasteiger partial charge < -0.3 is 14.2 Å². The van der Waals surface area contributed by atoms with Gasteiger partial charge in [0.05, 0.1) is 18.1 Å². The number of esters is 1. The summed E-state index contributed by atoms with van der Waals surface area (Å²) in [5.41, 5.74) is 2.12. The Morgan fingerprint density at radius 1 is 1.32 bits per heavy atom. The van der Waals surface area contributed by atoms with Gasteiger partial charge in [-0.25, -0.2) is 4.98 Å². The van der Waals surface area contributed by atoms with Crippen LogP contribution in [0.25, 0.3) is 11.0 Å². The van der Waals surface area contributed by atoms with Crippen LogP contribution < -0.4 is 5.56 Å². The van der Waals surface area contributed by atoms with Crippen LogP contribution in [0.4, 0.5) is 0 Å². The molecule has 0 aliphatic carbocycles. The van der Waals surface area contributed by atoms with Gasteiger partial charge in [0.15, 0.2) is 0 Å². The summed E-state index contributed by atoms with van der Waals surface area (Å²) in [5.74, 6) is -0.441. The first-order valence-corrected chi connectivity index (χ1v) is 8.22. The van der Waals surface area contributed by atoms with Crippen molar-refractivity contribution in [3.63, 3.8) is 0 Å². The Morgan fingerprint density at radius 2 is 2.04 bits per heavy atom. The molecule has 0 atom stereocenters. The molecule has 1 heterocycles. The van der Waals surface area contributed by atoms with Crippen LogP contribution in [0.3, 0.4) is 0 Å². The number of fused-ring (bicyclic) bond motifs is 1. The molecule has 25 heavy (non-hydrogen) atoms. The predicted octanol–water partition coefficient (Wildman–Crippen LogP) is 1.75. The summed E-state index contributed by atoms with van der Waals surface area (Å²) in [5, 5.41) is 0. The Kier molecular flexibility index (Phi) is 5.90. The van der Waals surface area contributed by atoms with Gasteiger partial charge in [0.1, 0.15) is 5.69 Å². The lowest BCUT2D eigenvalue weighted by Gasteiger charge is -2.17. The fraction of sp³-hybridized carbons (Fsp3) is 0.444. The zero-order valence-corrected chi connectivity index (χ0v) is 15.0. The highest BCUT2D eigenvalue weighted by molar-refractivity contribution is 5.97. The number of hydrogen-bond acceptors (Lipinski definition) is 5. The summed E-state index contributed by atoms with van der Waals surface area (Å²) in [6, 6.07) is 5.15. The fourth-order valence-corrected chi connectivity index (χ4v) is 2.71. The molecule has 7 nitrogen and oxygen atoms in total. The molecule has 0 saturated heterocycles. The van der Waals surface area contributed by atoms with E-state index < -0.39 is 0 Å². The molecule has 0 saturated carbocycles. The van der Waals surface area contributed by atoms with E-state index in [2.05, 4.69) is 9.72 Å². The van der Waals surface area contributed by atoms with E-state index >= 15 is 0 Å². The SMILES string of the molecule is CCn1c(=O)c(C)nc2cc(C(=O)N(C)CCCC(=O)OC)ccc21. The highest BCUT2D eigenvalue weighted by Crippen LogP contribution is 2.15. The number of aromatic nitrogens is 2. The van der Waals surface area contributed by atoms with Crippen molar-refractivity contribution < 1.29 is 14.3 Å². The van der Waals surface area contributed by atoms with Gasteiger partial charge in [-0.3, -0.25) is 14.4 Å². The first kappa shape index (κ1) is 18.6. The minimum Gasteiger partial charge on any atom is -0.469 e. The normalized spacial score (nSPS) is 10.7. The second kappa shape index (κ2) is 7.92. The Morgan fingerprint density at radius 3 is 2.68 bits per heavy atom. The maximum Gasteiger partial charge on any atom is 0.305 e. The number of hydrogen-bond donors (Lipinski definition) is 0. The maximum absolute atomic E-state index is 12.6. The van der Waals surface area contributed by atoms with E-state index in [1.54, 1.807) is 41.6 Å². The summed E-state index contributed by atoms with van der Waals surface area (Å²) in [6.07, 6.45) is 0.810. The van der Waals surface area contributed by atoms with Gasteiger partial charge >= 0.3 is 5.97 Å². The lowest BCUT2D eigenvalue weighted by molar-refractivity contribution is -0.140. The summed E-state index contributed by atoms with van der Waals surface area (Å²) < 4.78 is 6.23.